The monoisotopic (exact) mass is 297 g/mol. The van der Waals surface area contributed by atoms with Crippen molar-refractivity contribution in [2.45, 2.75) is 25.8 Å². The van der Waals surface area contributed by atoms with Crippen LogP contribution in [-0.4, -0.2) is 6.04 Å². The molecular formula is C16H15F4N. The Hall–Kier alpha value is -2.04. The fraction of sp³-hybridized carbons (Fsp3) is 0.250. The molecule has 0 saturated carbocycles. The second-order valence-corrected chi connectivity index (χ2v) is 4.91. The van der Waals surface area contributed by atoms with E-state index in [1.165, 1.54) is 0 Å². The molecule has 0 bridgehead atoms. The van der Waals surface area contributed by atoms with Gasteiger partial charge in [-0.05, 0) is 25.3 Å². The molecule has 0 fully saturated rings. The maximum absolute atomic E-state index is 13.5. The molecule has 0 heterocycles. The third kappa shape index (κ3) is 3.74. The van der Waals surface area contributed by atoms with Crippen molar-refractivity contribution in [3.8, 4) is 0 Å². The van der Waals surface area contributed by atoms with Crippen LogP contribution in [0.15, 0.2) is 36.4 Å². The fourth-order valence-corrected chi connectivity index (χ4v) is 2.05. The van der Waals surface area contributed by atoms with Crippen LogP contribution in [0.3, 0.4) is 0 Å². The molecule has 1 nitrogen and oxygen atoms in total. The number of anilines is 1. The van der Waals surface area contributed by atoms with E-state index in [-0.39, 0.29) is 12.1 Å². The lowest BCUT2D eigenvalue weighted by molar-refractivity contribution is 0.456. The van der Waals surface area contributed by atoms with E-state index in [2.05, 4.69) is 5.32 Å². The van der Waals surface area contributed by atoms with Crippen LogP contribution in [0, 0.1) is 23.3 Å². The van der Waals surface area contributed by atoms with Crippen LogP contribution < -0.4 is 5.32 Å². The summed E-state index contributed by atoms with van der Waals surface area (Å²) >= 11 is 0. The van der Waals surface area contributed by atoms with Gasteiger partial charge in [-0.3, -0.25) is 0 Å². The van der Waals surface area contributed by atoms with Crippen LogP contribution in [0.2, 0.25) is 0 Å². The maximum atomic E-state index is 13.5. The zero-order valence-electron chi connectivity index (χ0n) is 11.5. The fourth-order valence-electron chi connectivity index (χ4n) is 2.05. The quantitative estimate of drug-likeness (QED) is 0.624. The second kappa shape index (κ2) is 6.61. The van der Waals surface area contributed by atoms with Crippen LogP contribution in [0.4, 0.5) is 23.2 Å². The second-order valence-electron chi connectivity index (χ2n) is 4.91. The lowest BCUT2D eigenvalue weighted by atomic mass is 10.1. The number of benzene rings is 2. The van der Waals surface area contributed by atoms with Crippen LogP contribution in [-0.2, 0) is 6.42 Å². The van der Waals surface area contributed by atoms with Crippen molar-refractivity contribution in [1.29, 1.82) is 0 Å². The Morgan fingerprint density at radius 3 is 2.10 bits per heavy atom. The molecule has 1 atom stereocenters. The van der Waals surface area contributed by atoms with Crippen molar-refractivity contribution in [3.05, 3.63) is 65.2 Å². The summed E-state index contributed by atoms with van der Waals surface area (Å²) in [4.78, 5) is 0. The van der Waals surface area contributed by atoms with Gasteiger partial charge in [0.25, 0.3) is 0 Å². The molecule has 2 aromatic carbocycles. The van der Waals surface area contributed by atoms with Crippen molar-refractivity contribution in [1.82, 2.24) is 0 Å². The molecule has 1 N–H and O–H groups in total. The van der Waals surface area contributed by atoms with E-state index in [9.17, 15) is 17.6 Å². The van der Waals surface area contributed by atoms with Crippen LogP contribution in [0.1, 0.15) is 18.9 Å². The van der Waals surface area contributed by atoms with Gasteiger partial charge in [-0.1, -0.05) is 30.3 Å². The number of aryl methyl sites for hydroxylation is 1. The van der Waals surface area contributed by atoms with Crippen LogP contribution in [0.5, 0.6) is 0 Å². The zero-order chi connectivity index (χ0) is 15.4. The molecule has 0 aliphatic heterocycles. The Kier molecular flexibility index (Phi) is 4.83. The highest BCUT2D eigenvalue weighted by Gasteiger charge is 2.20. The number of rotatable bonds is 5. The molecule has 5 heteroatoms. The molecule has 0 aliphatic rings. The number of hydrogen-bond donors (Lipinski definition) is 1. The third-order valence-corrected chi connectivity index (χ3v) is 3.21. The zero-order valence-corrected chi connectivity index (χ0v) is 11.5. The summed E-state index contributed by atoms with van der Waals surface area (Å²) in [5, 5.41) is 2.50. The first-order valence-corrected chi connectivity index (χ1v) is 6.62. The summed E-state index contributed by atoms with van der Waals surface area (Å²) < 4.78 is 53.2. The average molecular weight is 297 g/mol. The minimum Gasteiger partial charge on any atom is -0.378 e. The highest BCUT2D eigenvalue weighted by molar-refractivity contribution is 5.48. The van der Waals surface area contributed by atoms with Crippen molar-refractivity contribution in [2.24, 2.45) is 0 Å². The number of halogens is 4. The summed E-state index contributed by atoms with van der Waals surface area (Å²) in [6, 6.07) is 9.43. The molecule has 0 radical (unpaired) electrons. The molecule has 2 aromatic rings. The van der Waals surface area contributed by atoms with Crippen LogP contribution >= 0.6 is 0 Å². The normalized spacial score (nSPS) is 12.2. The predicted molar refractivity (Wildman–Crippen MR) is 74.1 cm³/mol. The molecular weight excluding hydrogens is 282 g/mol. The molecule has 1 unspecified atom stereocenters. The topological polar surface area (TPSA) is 12.0 Å². The number of nitrogens with one attached hydrogen (secondary N) is 1. The van der Waals surface area contributed by atoms with Crippen molar-refractivity contribution < 1.29 is 17.6 Å². The molecule has 2 rings (SSSR count). The summed E-state index contributed by atoms with van der Waals surface area (Å²) in [6.07, 6.45) is 1.26. The van der Waals surface area contributed by atoms with Crippen molar-refractivity contribution in [2.75, 3.05) is 5.32 Å². The highest BCUT2D eigenvalue weighted by atomic mass is 19.2. The Labute approximate surface area is 120 Å². The van der Waals surface area contributed by atoms with E-state index in [1.54, 1.807) is 6.92 Å². The Morgan fingerprint density at radius 1 is 0.952 bits per heavy atom. The summed E-state index contributed by atoms with van der Waals surface area (Å²) in [5.41, 5.74) is 0.325. The summed E-state index contributed by atoms with van der Waals surface area (Å²) in [5.74, 6) is -5.63. The maximum Gasteiger partial charge on any atom is 0.185 e. The van der Waals surface area contributed by atoms with Gasteiger partial charge in [0.05, 0.1) is 0 Å². The van der Waals surface area contributed by atoms with Gasteiger partial charge in [0.15, 0.2) is 23.3 Å². The van der Waals surface area contributed by atoms with Gasteiger partial charge in [0, 0.05) is 12.1 Å². The predicted octanol–water partition coefficient (Wildman–Crippen LogP) is 4.68. The molecule has 0 aromatic heterocycles. The SMILES string of the molecule is CC(CCc1ccccc1)Nc1c(F)c(F)cc(F)c1F. The average Bonchev–Trinajstić information content (AvgIpc) is 2.48. The van der Waals surface area contributed by atoms with Crippen molar-refractivity contribution >= 4 is 5.69 Å². The van der Waals surface area contributed by atoms with Gasteiger partial charge < -0.3 is 5.32 Å². The van der Waals surface area contributed by atoms with E-state index < -0.39 is 29.0 Å². The minimum absolute atomic E-state index is 0.199. The molecule has 0 spiro atoms. The first-order valence-electron chi connectivity index (χ1n) is 6.62. The molecule has 21 heavy (non-hydrogen) atoms. The first-order chi connectivity index (χ1) is 9.99. The molecule has 0 amide bonds. The van der Waals surface area contributed by atoms with Gasteiger partial charge in [0.1, 0.15) is 5.69 Å². The summed E-state index contributed by atoms with van der Waals surface area (Å²) in [7, 11) is 0. The van der Waals surface area contributed by atoms with E-state index in [0.29, 0.717) is 12.8 Å². The Morgan fingerprint density at radius 2 is 1.52 bits per heavy atom. The summed E-state index contributed by atoms with van der Waals surface area (Å²) in [6.45, 7) is 1.70. The van der Waals surface area contributed by atoms with Gasteiger partial charge >= 0.3 is 0 Å². The third-order valence-electron chi connectivity index (χ3n) is 3.21. The lowest BCUT2D eigenvalue weighted by Crippen LogP contribution is -2.19. The van der Waals surface area contributed by atoms with Gasteiger partial charge in [-0.25, -0.2) is 17.6 Å². The standard InChI is InChI=1S/C16H15F4N/c1-10(7-8-11-5-3-2-4-6-11)21-16-14(19)12(17)9-13(18)15(16)20/h2-6,9-10,21H,7-8H2,1H3. The molecule has 0 aliphatic carbocycles. The first kappa shape index (κ1) is 15.4. The minimum atomic E-state index is -1.41. The lowest BCUT2D eigenvalue weighted by Gasteiger charge is -2.17. The van der Waals surface area contributed by atoms with E-state index in [1.807, 2.05) is 30.3 Å². The van der Waals surface area contributed by atoms with Gasteiger partial charge in [-0.15, -0.1) is 0 Å². The van der Waals surface area contributed by atoms with Gasteiger partial charge in [-0.2, -0.15) is 0 Å². The smallest absolute Gasteiger partial charge is 0.185 e. The Balaban J connectivity index is 2.05. The molecule has 112 valence electrons. The largest absolute Gasteiger partial charge is 0.378 e. The molecule has 0 saturated heterocycles. The van der Waals surface area contributed by atoms with Crippen LogP contribution in [0.25, 0.3) is 0 Å². The van der Waals surface area contributed by atoms with E-state index in [0.717, 1.165) is 5.56 Å². The highest BCUT2D eigenvalue weighted by Crippen LogP contribution is 2.25. The Bertz CT molecular complexity index is 587. The van der Waals surface area contributed by atoms with Gasteiger partial charge in [0.2, 0.25) is 0 Å². The van der Waals surface area contributed by atoms with Crippen molar-refractivity contribution in [3.63, 3.8) is 0 Å². The number of hydrogen-bond acceptors (Lipinski definition) is 1. The van der Waals surface area contributed by atoms with E-state index in [4.69, 9.17) is 0 Å². The van der Waals surface area contributed by atoms with E-state index >= 15 is 0 Å².